The first-order chi connectivity index (χ1) is 14.4. The monoisotopic (exact) mass is 431 g/mol. The number of morpholine rings is 1. The molecule has 162 valence electrons. The third-order valence-electron chi connectivity index (χ3n) is 4.92. The topological polar surface area (TPSA) is 87.7 Å². The second-order valence-corrected chi connectivity index (χ2v) is 9.22. The molecule has 2 N–H and O–H groups in total. The van der Waals surface area contributed by atoms with Crippen LogP contribution in [0.5, 0.6) is 0 Å². The molecule has 1 atom stereocenters. The molecule has 1 heterocycles. The van der Waals surface area contributed by atoms with E-state index in [1.165, 1.54) is 17.7 Å². The lowest BCUT2D eigenvalue weighted by molar-refractivity contribution is -0.0212. The van der Waals surface area contributed by atoms with Crippen LogP contribution in [0.4, 0.5) is 0 Å². The van der Waals surface area contributed by atoms with E-state index in [1.54, 1.807) is 19.1 Å². The number of amides is 1. The summed E-state index contributed by atoms with van der Waals surface area (Å²) in [6.07, 6.45) is 0.244. The van der Waals surface area contributed by atoms with E-state index < -0.39 is 10.0 Å². The number of nitrogens with one attached hydrogen (secondary N) is 2. The number of carbonyl (C=O) groups excluding carboxylic acids is 1. The predicted molar refractivity (Wildman–Crippen MR) is 116 cm³/mol. The number of nitrogens with zero attached hydrogens (tertiary/aromatic N) is 1. The molecule has 0 bridgehead atoms. The highest BCUT2D eigenvalue weighted by Gasteiger charge is 2.17. The minimum absolute atomic E-state index is 0.0822. The lowest BCUT2D eigenvalue weighted by Crippen LogP contribution is -2.40. The maximum absolute atomic E-state index is 12.5. The summed E-state index contributed by atoms with van der Waals surface area (Å²) in [4.78, 5) is 15.0. The van der Waals surface area contributed by atoms with Gasteiger partial charge in [0.1, 0.15) is 0 Å². The number of ether oxygens (including phenoxy) is 1. The highest BCUT2D eigenvalue weighted by Crippen LogP contribution is 2.14. The number of hydrogen-bond acceptors (Lipinski definition) is 5. The van der Waals surface area contributed by atoms with Crippen molar-refractivity contribution in [3.05, 3.63) is 65.2 Å². The summed E-state index contributed by atoms with van der Waals surface area (Å²) < 4.78 is 32.3. The molecule has 1 unspecified atom stereocenters. The Kier molecular flexibility index (Phi) is 7.60. The molecule has 7 nitrogen and oxygen atoms in total. The highest BCUT2D eigenvalue weighted by molar-refractivity contribution is 7.89. The second kappa shape index (κ2) is 10.2. The van der Waals surface area contributed by atoms with E-state index in [2.05, 4.69) is 34.0 Å². The summed E-state index contributed by atoms with van der Waals surface area (Å²) in [5, 5.41) is 2.88. The van der Waals surface area contributed by atoms with Crippen molar-refractivity contribution in [3.8, 4) is 0 Å². The van der Waals surface area contributed by atoms with Gasteiger partial charge in [-0.1, -0.05) is 37.3 Å². The molecule has 0 aromatic heterocycles. The van der Waals surface area contributed by atoms with Crippen LogP contribution in [0.3, 0.4) is 0 Å². The molecule has 1 fully saturated rings. The average Bonchev–Trinajstić information content (AvgIpc) is 2.72. The summed E-state index contributed by atoms with van der Waals surface area (Å²) in [6.45, 7) is 7.87. The van der Waals surface area contributed by atoms with Crippen LogP contribution in [0, 0.1) is 0 Å². The van der Waals surface area contributed by atoms with E-state index in [-0.39, 0.29) is 16.9 Å². The third-order valence-corrected chi connectivity index (χ3v) is 6.46. The molecule has 8 heteroatoms. The maximum atomic E-state index is 12.5. The van der Waals surface area contributed by atoms with E-state index in [9.17, 15) is 13.2 Å². The molecule has 0 aliphatic carbocycles. The molecule has 1 aliphatic rings. The highest BCUT2D eigenvalue weighted by atomic mass is 32.2. The van der Waals surface area contributed by atoms with Gasteiger partial charge in [0.15, 0.2) is 0 Å². The van der Waals surface area contributed by atoms with Gasteiger partial charge in [0, 0.05) is 38.3 Å². The number of carbonyl (C=O) groups is 1. The summed E-state index contributed by atoms with van der Waals surface area (Å²) in [5.74, 6) is -0.309. The third kappa shape index (κ3) is 6.12. The molecule has 3 rings (SSSR count). The first-order valence-electron chi connectivity index (χ1n) is 10.2. The summed E-state index contributed by atoms with van der Waals surface area (Å²) >= 11 is 0. The molecule has 1 aliphatic heterocycles. The minimum Gasteiger partial charge on any atom is -0.376 e. The summed E-state index contributed by atoms with van der Waals surface area (Å²) in [7, 11) is -3.60. The van der Waals surface area contributed by atoms with Crippen molar-refractivity contribution in [3.63, 3.8) is 0 Å². The zero-order valence-electron chi connectivity index (χ0n) is 17.4. The summed E-state index contributed by atoms with van der Waals surface area (Å²) in [6, 6.07) is 14.2. The quantitative estimate of drug-likeness (QED) is 0.669. The van der Waals surface area contributed by atoms with E-state index in [0.29, 0.717) is 18.7 Å². The van der Waals surface area contributed by atoms with Crippen LogP contribution >= 0.6 is 0 Å². The number of rotatable bonds is 8. The SMILES string of the molecule is CCNS(=O)(=O)c1cccc(C(=O)NCc2cccc(CN3CCOC(C)C3)c2)c1. The van der Waals surface area contributed by atoms with Gasteiger partial charge in [0.25, 0.3) is 5.91 Å². The summed E-state index contributed by atoms with van der Waals surface area (Å²) in [5.41, 5.74) is 2.50. The molecule has 30 heavy (non-hydrogen) atoms. The smallest absolute Gasteiger partial charge is 0.251 e. The molecule has 0 saturated carbocycles. The Balaban J connectivity index is 1.61. The van der Waals surface area contributed by atoms with E-state index >= 15 is 0 Å². The van der Waals surface area contributed by atoms with Gasteiger partial charge in [-0.25, -0.2) is 13.1 Å². The molecular weight excluding hydrogens is 402 g/mol. The Morgan fingerprint density at radius 1 is 1.17 bits per heavy atom. The lowest BCUT2D eigenvalue weighted by Gasteiger charge is -2.31. The fourth-order valence-electron chi connectivity index (χ4n) is 3.49. The van der Waals surface area contributed by atoms with Crippen LogP contribution in [0.1, 0.15) is 35.3 Å². The molecule has 1 saturated heterocycles. The van der Waals surface area contributed by atoms with Crippen molar-refractivity contribution in [1.29, 1.82) is 0 Å². The Morgan fingerprint density at radius 3 is 2.70 bits per heavy atom. The van der Waals surface area contributed by atoms with Gasteiger partial charge in [-0.05, 0) is 36.2 Å². The fraction of sp³-hybridized carbons (Fsp3) is 0.409. The Labute approximate surface area is 178 Å². The van der Waals surface area contributed by atoms with Crippen molar-refractivity contribution in [1.82, 2.24) is 14.9 Å². The van der Waals surface area contributed by atoms with E-state index in [0.717, 1.165) is 31.8 Å². The van der Waals surface area contributed by atoms with Gasteiger partial charge >= 0.3 is 0 Å². The van der Waals surface area contributed by atoms with Gasteiger partial charge in [-0.2, -0.15) is 0 Å². The molecule has 1 amide bonds. The maximum Gasteiger partial charge on any atom is 0.251 e. The van der Waals surface area contributed by atoms with Gasteiger partial charge in [-0.3, -0.25) is 9.69 Å². The van der Waals surface area contributed by atoms with Gasteiger partial charge in [-0.15, -0.1) is 0 Å². The Hall–Kier alpha value is -2.26. The van der Waals surface area contributed by atoms with E-state index in [1.807, 2.05) is 12.1 Å². The van der Waals surface area contributed by atoms with Gasteiger partial charge < -0.3 is 10.1 Å². The number of hydrogen-bond donors (Lipinski definition) is 2. The Morgan fingerprint density at radius 2 is 1.93 bits per heavy atom. The van der Waals surface area contributed by atoms with Crippen molar-refractivity contribution in [2.75, 3.05) is 26.2 Å². The van der Waals surface area contributed by atoms with Crippen LogP contribution in [0.25, 0.3) is 0 Å². The van der Waals surface area contributed by atoms with Crippen molar-refractivity contribution in [2.45, 2.75) is 37.9 Å². The zero-order valence-corrected chi connectivity index (χ0v) is 18.2. The Bertz CT molecular complexity index is 978. The molecule has 2 aromatic carbocycles. The van der Waals surface area contributed by atoms with Crippen LogP contribution < -0.4 is 10.0 Å². The van der Waals surface area contributed by atoms with Crippen molar-refractivity contribution in [2.24, 2.45) is 0 Å². The molecule has 0 radical (unpaired) electrons. The fourth-order valence-corrected chi connectivity index (χ4v) is 4.58. The van der Waals surface area contributed by atoms with Crippen LogP contribution in [0.15, 0.2) is 53.4 Å². The standard InChI is InChI=1S/C22H29N3O4S/c1-3-24-30(27,28)21-9-5-8-20(13-21)22(26)23-14-18-6-4-7-19(12-18)16-25-10-11-29-17(2)15-25/h4-9,12-13,17,24H,3,10-11,14-16H2,1-2H3,(H,23,26). The van der Waals surface area contributed by atoms with Gasteiger partial charge in [0.05, 0.1) is 17.6 Å². The predicted octanol–water partition coefficient (Wildman–Crippen LogP) is 2.14. The molecule has 0 spiro atoms. The first-order valence-corrected chi connectivity index (χ1v) is 11.7. The first kappa shape index (κ1) is 22.4. The van der Waals surface area contributed by atoms with E-state index in [4.69, 9.17) is 4.74 Å². The zero-order chi connectivity index (χ0) is 21.6. The average molecular weight is 432 g/mol. The number of sulfonamides is 1. The minimum atomic E-state index is -3.60. The van der Waals surface area contributed by atoms with Crippen LogP contribution in [-0.4, -0.2) is 51.6 Å². The van der Waals surface area contributed by atoms with Crippen molar-refractivity contribution < 1.29 is 17.9 Å². The van der Waals surface area contributed by atoms with Crippen LogP contribution in [0.2, 0.25) is 0 Å². The largest absolute Gasteiger partial charge is 0.376 e. The lowest BCUT2D eigenvalue weighted by atomic mass is 10.1. The number of benzene rings is 2. The van der Waals surface area contributed by atoms with Crippen molar-refractivity contribution >= 4 is 15.9 Å². The normalized spacial score (nSPS) is 17.6. The van der Waals surface area contributed by atoms with Crippen LogP contribution in [-0.2, 0) is 27.8 Å². The van der Waals surface area contributed by atoms with Gasteiger partial charge in [0.2, 0.25) is 10.0 Å². The molecular formula is C22H29N3O4S. The second-order valence-electron chi connectivity index (χ2n) is 7.45. The molecule has 2 aromatic rings.